The second-order valence-electron chi connectivity index (χ2n) is 12.6. The van der Waals surface area contributed by atoms with E-state index in [1.165, 1.54) is 47.9 Å². The molecule has 29 heavy (non-hydrogen) atoms. The molecule has 0 N–H and O–H groups in total. The highest BCUT2D eigenvalue weighted by molar-refractivity contribution is 5.84. The zero-order valence-electron chi connectivity index (χ0n) is 19.7. The normalized spacial score (nSPS) is 24.3. The third-order valence-electron chi connectivity index (χ3n) is 8.65. The number of hydrogen-bond donors (Lipinski definition) is 0. The van der Waals surface area contributed by atoms with Gasteiger partial charge in [0.05, 0.1) is 0 Å². The van der Waals surface area contributed by atoms with Crippen molar-refractivity contribution in [3.63, 3.8) is 0 Å². The Bertz CT molecular complexity index is 943. The third kappa shape index (κ3) is 2.70. The Morgan fingerprint density at radius 2 is 0.724 bits per heavy atom. The molecule has 0 heteroatoms. The Labute approximate surface area is 178 Å². The molecule has 0 bridgehead atoms. The number of benzene rings is 2. The first-order valence-electron chi connectivity index (χ1n) is 11.6. The molecule has 2 aromatic carbocycles. The van der Waals surface area contributed by atoms with Gasteiger partial charge in [0.2, 0.25) is 0 Å². The molecular formula is C29H37. The van der Waals surface area contributed by atoms with E-state index < -0.39 is 0 Å². The van der Waals surface area contributed by atoms with Gasteiger partial charge in [-0.2, -0.15) is 0 Å². The predicted octanol–water partition coefficient (Wildman–Crippen LogP) is 7.97. The zero-order valence-corrected chi connectivity index (χ0v) is 19.7. The summed E-state index contributed by atoms with van der Waals surface area (Å²) in [6.45, 7) is 19.5. The molecule has 0 spiro atoms. The molecule has 0 atom stereocenters. The molecule has 0 nitrogen and oxygen atoms in total. The van der Waals surface area contributed by atoms with E-state index in [4.69, 9.17) is 0 Å². The van der Waals surface area contributed by atoms with Crippen molar-refractivity contribution in [2.45, 2.75) is 103 Å². The first-order valence-corrected chi connectivity index (χ1v) is 11.6. The van der Waals surface area contributed by atoms with E-state index in [0.717, 1.165) is 0 Å². The van der Waals surface area contributed by atoms with Crippen molar-refractivity contribution < 1.29 is 0 Å². The van der Waals surface area contributed by atoms with Gasteiger partial charge in [0.15, 0.2) is 0 Å². The quantitative estimate of drug-likeness (QED) is 0.368. The number of fused-ring (bicyclic) bond motifs is 5. The first-order chi connectivity index (χ1) is 13.3. The van der Waals surface area contributed by atoms with Gasteiger partial charge in [-0.05, 0) is 91.9 Å². The largest absolute Gasteiger partial charge is 0.0558 e. The minimum atomic E-state index is 0.262. The van der Waals surface area contributed by atoms with Crippen LogP contribution >= 0.6 is 0 Å². The van der Waals surface area contributed by atoms with Crippen LogP contribution in [-0.2, 0) is 21.7 Å². The lowest BCUT2D eigenvalue weighted by Gasteiger charge is -2.42. The molecule has 2 aromatic rings. The van der Waals surface area contributed by atoms with Gasteiger partial charge in [-0.3, -0.25) is 0 Å². The Kier molecular flexibility index (Phi) is 3.73. The first kappa shape index (κ1) is 19.4. The lowest BCUT2D eigenvalue weighted by molar-refractivity contribution is 0.331. The molecule has 0 aromatic heterocycles. The fourth-order valence-corrected chi connectivity index (χ4v) is 6.13. The Morgan fingerprint density at radius 3 is 1.03 bits per heavy atom. The van der Waals surface area contributed by atoms with Gasteiger partial charge in [0, 0.05) is 6.42 Å². The van der Waals surface area contributed by atoms with Crippen molar-refractivity contribution in [2.24, 2.45) is 0 Å². The average molecular weight is 386 g/mol. The van der Waals surface area contributed by atoms with Gasteiger partial charge in [0.25, 0.3) is 0 Å². The summed E-state index contributed by atoms with van der Waals surface area (Å²) in [5, 5.41) is 0. The van der Waals surface area contributed by atoms with Crippen LogP contribution in [0.5, 0.6) is 0 Å². The summed E-state index contributed by atoms with van der Waals surface area (Å²) in [5.41, 5.74) is 13.2. The monoisotopic (exact) mass is 385 g/mol. The Morgan fingerprint density at radius 1 is 0.448 bits per heavy atom. The van der Waals surface area contributed by atoms with Crippen molar-refractivity contribution in [3.05, 3.63) is 64.1 Å². The van der Waals surface area contributed by atoms with Crippen molar-refractivity contribution in [1.82, 2.24) is 0 Å². The summed E-state index contributed by atoms with van der Waals surface area (Å²) >= 11 is 0. The lowest BCUT2D eigenvalue weighted by Crippen LogP contribution is -2.34. The lowest BCUT2D eigenvalue weighted by atomic mass is 9.62. The van der Waals surface area contributed by atoms with Gasteiger partial charge in [-0.25, -0.2) is 0 Å². The molecule has 0 fully saturated rings. The maximum atomic E-state index is 2.56. The Balaban J connectivity index is 1.74. The predicted molar refractivity (Wildman–Crippen MR) is 125 cm³/mol. The minimum Gasteiger partial charge on any atom is -0.0558 e. The molecule has 0 saturated heterocycles. The van der Waals surface area contributed by atoms with Gasteiger partial charge < -0.3 is 0 Å². The van der Waals surface area contributed by atoms with E-state index in [1.807, 2.05) is 0 Å². The van der Waals surface area contributed by atoms with Crippen LogP contribution in [0.4, 0.5) is 0 Å². The molecule has 5 rings (SSSR count). The van der Waals surface area contributed by atoms with E-state index >= 15 is 0 Å². The SMILES string of the molecule is CC1(C)CCC(C)(C)c2cc3c(cc21)[CH]c1cc2c(cc1-3)C(C)(C)CCC2(C)C. The van der Waals surface area contributed by atoms with Crippen LogP contribution in [0.2, 0.25) is 0 Å². The molecule has 0 unspecified atom stereocenters. The number of rotatable bonds is 0. The molecule has 0 heterocycles. The second-order valence-corrected chi connectivity index (χ2v) is 12.6. The molecule has 1 radical (unpaired) electrons. The summed E-state index contributed by atoms with van der Waals surface area (Å²) < 4.78 is 0. The van der Waals surface area contributed by atoms with Crippen molar-refractivity contribution in [3.8, 4) is 11.1 Å². The van der Waals surface area contributed by atoms with Crippen molar-refractivity contribution in [1.29, 1.82) is 0 Å². The van der Waals surface area contributed by atoms with Gasteiger partial charge in [0.1, 0.15) is 0 Å². The van der Waals surface area contributed by atoms with Crippen LogP contribution in [0, 0.1) is 6.42 Å². The molecule has 0 aliphatic heterocycles. The van der Waals surface area contributed by atoms with Crippen LogP contribution in [0.25, 0.3) is 11.1 Å². The smallest absolute Gasteiger partial charge is 0.0212 e. The van der Waals surface area contributed by atoms with Crippen LogP contribution in [0.1, 0.15) is 114 Å². The third-order valence-corrected chi connectivity index (χ3v) is 8.65. The van der Waals surface area contributed by atoms with Gasteiger partial charge in [-0.15, -0.1) is 0 Å². The van der Waals surface area contributed by atoms with Crippen LogP contribution in [0.15, 0.2) is 24.3 Å². The second kappa shape index (κ2) is 5.57. The zero-order chi connectivity index (χ0) is 21.0. The fourth-order valence-electron chi connectivity index (χ4n) is 6.13. The van der Waals surface area contributed by atoms with E-state index in [-0.39, 0.29) is 21.7 Å². The molecule has 3 aliphatic carbocycles. The van der Waals surface area contributed by atoms with Crippen molar-refractivity contribution in [2.75, 3.05) is 0 Å². The summed E-state index contributed by atoms with van der Waals surface area (Å²) in [4.78, 5) is 0. The summed E-state index contributed by atoms with van der Waals surface area (Å²) in [6, 6.07) is 10.2. The van der Waals surface area contributed by atoms with E-state index in [2.05, 4.69) is 86.1 Å². The molecule has 3 aliphatic rings. The highest BCUT2D eigenvalue weighted by Gasteiger charge is 2.41. The topological polar surface area (TPSA) is 0 Å². The molecule has 0 amide bonds. The van der Waals surface area contributed by atoms with Crippen LogP contribution in [0.3, 0.4) is 0 Å². The van der Waals surface area contributed by atoms with Crippen LogP contribution in [-0.4, -0.2) is 0 Å². The van der Waals surface area contributed by atoms with Gasteiger partial charge in [-0.1, -0.05) is 79.7 Å². The summed E-state index contributed by atoms with van der Waals surface area (Å²) in [5.74, 6) is 0. The maximum absolute atomic E-state index is 2.56. The highest BCUT2D eigenvalue weighted by atomic mass is 14.4. The standard InChI is InChI=1S/C29H37/c1-26(2)9-11-28(5,6)24-16-20-18(14-22(24)26)13-19-15-23-25(17-21(19)20)29(7,8)12-10-27(23,3)4/h13-17H,9-12H2,1-8H3. The Hall–Kier alpha value is -1.56. The minimum absolute atomic E-state index is 0.262. The fraction of sp³-hybridized carbons (Fsp3) is 0.552. The van der Waals surface area contributed by atoms with E-state index in [0.29, 0.717) is 0 Å². The molecule has 0 saturated carbocycles. The molecular weight excluding hydrogens is 348 g/mol. The van der Waals surface area contributed by atoms with E-state index in [1.54, 1.807) is 22.3 Å². The highest BCUT2D eigenvalue weighted by Crippen LogP contribution is 2.53. The average Bonchev–Trinajstić information content (AvgIpc) is 2.98. The van der Waals surface area contributed by atoms with E-state index in [9.17, 15) is 0 Å². The van der Waals surface area contributed by atoms with Gasteiger partial charge >= 0.3 is 0 Å². The number of hydrogen-bond acceptors (Lipinski definition) is 0. The maximum Gasteiger partial charge on any atom is 0.0212 e. The summed E-state index contributed by atoms with van der Waals surface area (Å²) in [7, 11) is 0. The van der Waals surface area contributed by atoms with Crippen LogP contribution < -0.4 is 0 Å². The molecule has 153 valence electrons. The summed E-state index contributed by atoms with van der Waals surface area (Å²) in [6.07, 6.45) is 7.55. The van der Waals surface area contributed by atoms with Crippen molar-refractivity contribution >= 4 is 0 Å².